The molecule has 0 bridgehead atoms. The minimum Gasteiger partial charge on any atom is -0.462 e. The molecule has 0 saturated heterocycles. The molecular formula is C79H154O17P2. The Bertz CT molecular complexity index is 1920. The van der Waals surface area contributed by atoms with Gasteiger partial charge in [-0.15, -0.1) is 0 Å². The highest BCUT2D eigenvalue weighted by Gasteiger charge is 2.30. The van der Waals surface area contributed by atoms with Crippen LogP contribution in [-0.2, 0) is 65.4 Å². The first-order valence-electron chi connectivity index (χ1n) is 40.8. The van der Waals surface area contributed by atoms with Crippen molar-refractivity contribution in [3.05, 3.63) is 0 Å². The first-order valence-corrected chi connectivity index (χ1v) is 43.8. The van der Waals surface area contributed by atoms with Crippen LogP contribution < -0.4 is 0 Å². The molecule has 0 fully saturated rings. The van der Waals surface area contributed by atoms with Crippen molar-refractivity contribution in [2.45, 2.75) is 420 Å². The Kier molecular flexibility index (Phi) is 66.8. The molecule has 0 saturated carbocycles. The largest absolute Gasteiger partial charge is 0.472 e. The van der Waals surface area contributed by atoms with Gasteiger partial charge in [-0.25, -0.2) is 9.13 Å². The molecule has 0 aromatic carbocycles. The van der Waals surface area contributed by atoms with Crippen molar-refractivity contribution in [3.63, 3.8) is 0 Å². The molecule has 0 aromatic heterocycles. The van der Waals surface area contributed by atoms with E-state index in [1.165, 1.54) is 193 Å². The molecule has 0 amide bonds. The zero-order chi connectivity index (χ0) is 72.4. The van der Waals surface area contributed by atoms with Crippen molar-refractivity contribution in [3.8, 4) is 0 Å². The summed E-state index contributed by atoms with van der Waals surface area (Å²) in [6, 6.07) is 0. The lowest BCUT2D eigenvalue weighted by atomic mass is 9.99. The summed E-state index contributed by atoms with van der Waals surface area (Å²) >= 11 is 0. The van der Waals surface area contributed by atoms with Crippen molar-refractivity contribution in [1.29, 1.82) is 0 Å². The van der Waals surface area contributed by atoms with Crippen molar-refractivity contribution in [2.24, 2.45) is 23.7 Å². The van der Waals surface area contributed by atoms with Crippen LogP contribution in [0.25, 0.3) is 0 Å². The molecule has 0 radical (unpaired) electrons. The number of hydrogen-bond donors (Lipinski definition) is 3. The van der Waals surface area contributed by atoms with Crippen LogP contribution in [0.4, 0.5) is 0 Å². The highest BCUT2D eigenvalue weighted by molar-refractivity contribution is 7.47. The number of carbonyl (C=O) groups excluding carboxylic acids is 4. The van der Waals surface area contributed by atoms with Gasteiger partial charge in [0.15, 0.2) is 12.2 Å². The molecule has 0 aliphatic carbocycles. The van der Waals surface area contributed by atoms with Crippen LogP contribution in [0, 0.1) is 23.7 Å². The standard InChI is InChI=1S/C79H154O17P2/c1-9-71(7)57-49-41-32-28-24-20-15-13-11-12-14-16-21-25-29-33-45-53-61-78(83)95-74(65-89-76(81)59-51-43-37-35-40-48-56-70(5)6)67-93-97(85,86)91-63-73(80)64-92-98(87,88)94-68-75(66-90-77(82)60-52-44-38-36-42-50-58-72(8)10-2)96-79(84)62-54-46-34-30-26-22-18-17-19-23-27-31-39-47-55-69(3)4/h69-75,80H,9-68H2,1-8H3,(H,85,86)(H,87,88)/t71?,72?,73-,74-,75-/m1/s1. The van der Waals surface area contributed by atoms with Gasteiger partial charge in [0.2, 0.25) is 0 Å². The van der Waals surface area contributed by atoms with E-state index in [4.69, 9.17) is 37.0 Å². The Morgan fingerprint density at radius 2 is 0.490 bits per heavy atom. The van der Waals surface area contributed by atoms with Crippen LogP contribution in [0.2, 0.25) is 0 Å². The first-order chi connectivity index (χ1) is 47.2. The van der Waals surface area contributed by atoms with Crippen LogP contribution in [0.3, 0.4) is 0 Å². The summed E-state index contributed by atoms with van der Waals surface area (Å²) in [6.07, 6.45) is 54.4. The smallest absolute Gasteiger partial charge is 0.462 e. The van der Waals surface area contributed by atoms with E-state index in [1.54, 1.807) is 0 Å². The fourth-order valence-electron chi connectivity index (χ4n) is 12.0. The lowest BCUT2D eigenvalue weighted by Crippen LogP contribution is -2.30. The van der Waals surface area contributed by atoms with Crippen LogP contribution in [0.1, 0.15) is 402 Å². The monoisotopic (exact) mass is 1440 g/mol. The van der Waals surface area contributed by atoms with Gasteiger partial charge in [0.25, 0.3) is 0 Å². The summed E-state index contributed by atoms with van der Waals surface area (Å²) in [6.45, 7) is 14.2. The lowest BCUT2D eigenvalue weighted by Gasteiger charge is -2.21. The number of ether oxygens (including phenoxy) is 4. The summed E-state index contributed by atoms with van der Waals surface area (Å²) < 4.78 is 68.5. The summed E-state index contributed by atoms with van der Waals surface area (Å²) in [5.41, 5.74) is 0. The molecule has 98 heavy (non-hydrogen) atoms. The molecule has 582 valence electrons. The number of hydrogen-bond acceptors (Lipinski definition) is 15. The Morgan fingerprint density at radius 1 is 0.286 bits per heavy atom. The maximum atomic E-state index is 13.1. The molecule has 0 aliphatic rings. The Labute approximate surface area is 600 Å². The van der Waals surface area contributed by atoms with Gasteiger partial charge in [0, 0.05) is 25.7 Å². The summed E-state index contributed by atoms with van der Waals surface area (Å²) in [5, 5.41) is 10.6. The number of phosphoric acid groups is 2. The highest BCUT2D eigenvalue weighted by Crippen LogP contribution is 2.45. The van der Waals surface area contributed by atoms with E-state index in [0.29, 0.717) is 31.6 Å². The van der Waals surface area contributed by atoms with Crippen molar-refractivity contribution < 1.29 is 80.2 Å². The Hall–Kier alpha value is -1.94. The lowest BCUT2D eigenvalue weighted by molar-refractivity contribution is -0.161. The molecule has 19 heteroatoms. The Morgan fingerprint density at radius 3 is 0.724 bits per heavy atom. The molecule has 0 heterocycles. The molecule has 0 aliphatic heterocycles. The van der Waals surface area contributed by atoms with E-state index in [-0.39, 0.29) is 25.7 Å². The first kappa shape index (κ1) is 96.1. The van der Waals surface area contributed by atoms with Gasteiger partial charge < -0.3 is 33.8 Å². The zero-order valence-electron chi connectivity index (χ0n) is 64.4. The second kappa shape index (κ2) is 68.2. The van der Waals surface area contributed by atoms with Gasteiger partial charge in [-0.1, -0.05) is 351 Å². The van der Waals surface area contributed by atoms with Gasteiger partial charge in [-0.2, -0.15) is 0 Å². The topological polar surface area (TPSA) is 237 Å². The maximum Gasteiger partial charge on any atom is 0.472 e. The fourth-order valence-corrected chi connectivity index (χ4v) is 13.6. The van der Waals surface area contributed by atoms with Crippen LogP contribution in [0.15, 0.2) is 0 Å². The summed E-state index contributed by atoms with van der Waals surface area (Å²) in [7, 11) is -9.92. The van der Waals surface area contributed by atoms with E-state index in [1.807, 2.05) is 0 Å². The minimum atomic E-state index is -4.96. The van der Waals surface area contributed by atoms with E-state index >= 15 is 0 Å². The average Bonchev–Trinajstić information content (AvgIpc) is 3.80. The highest BCUT2D eigenvalue weighted by atomic mass is 31.2. The van der Waals surface area contributed by atoms with Gasteiger partial charge in [0.05, 0.1) is 26.4 Å². The quantitative estimate of drug-likeness (QED) is 0.0222. The average molecular weight is 1440 g/mol. The van der Waals surface area contributed by atoms with E-state index in [0.717, 1.165) is 120 Å². The van der Waals surface area contributed by atoms with E-state index in [9.17, 15) is 43.2 Å². The zero-order valence-corrected chi connectivity index (χ0v) is 66.2. The molecule has 4 unspecified atom stereocenters. The molecule has 0 aromatic rings. The van der Waals surface area contributed by atoms with Crippen molar-refractivity contribution in [2.75, 3.05) is 39.6 Å². The number of phosphoric ester groups is 2. The summed E-state index contributed by atoms with van der Waals surface area (Å²) in [5.74, 6) is 0.955. The third-order valence-corrected chi connectivity index (χ3v) is 20.9. The number of aliphatic hydroxyl groups is 1. The molecule has 7 atom stereocenters. The number of aliphatic hydroxyl groups excluding tert-OH is 1. The predicted molar refractivity (Wildman–Crippen MR) is 400 cm³/mol. The number of rotatable bonds is 76. The predicted octanol–water partition coefficient (Wildman–Crippen LogP) is 23.2. The number of unbranched alkanes of at least 4 members (excludes halogenated alkanes) is 40. The number of esters is 4. The second-order valence-corrected chi connectivity index (χ2v) is 32.8. The summed E-state index contributed by atoms with van der Waals surface area (Å²) in [4.78, 5) is 72.8. The third-order valence-electron chi connectivity index (χ3n) is 19.0. The normalized spacial score (nSPS) is 14.6. The minimum absolute atomic E-state index is 0.106. The van der Waals surface area contributed by atoms with E-state index < -0.39 is 97.5 Å². The molecule has 3 N–H and O–H groups in total. The van der Waals surface area contributed by atoms with Crippen LogP contribution in [0.5, 0.6) is 0 Å². The molecule has 0 spiro atoms. The molecule has 17 nitrogen and oxygen atoms in total. The number of carbonyl (C=O) groups is 4. The third kappa shape index (κ3) is 69.8. The van der Waals surface area contributed by atoms with Crippen molar-refractivity contribution >= 4 is 39.5 Å². The van der Waals surface area contributed by atoms with Crippen molar-refractivity contribution in [1.82, 2.24) is 0 Å². The van der Waals surface area contributed by atoms with E-state index in [2.05, 4.69) is 55.4 Å². The molecule has 0 rings (SSSR count). The van der Waals surface area contributed by atoms with Gasteiger partial charge >= 0.3 is 39.5 Å². The molecular weight excluding hydrogens is 1280 g/mol. The Balaban J connectivity index is 5.15. The second-order valence-electron chi connectivity index (χ2n) is 29.9. The maximum absolute atomic E-state index is 13.1. The van der Waals surface area contributed by atoms with Crippen LogP contribution in [-0.4, -0.2) is 96.7 Å². The SMILES string of the molecule is CCC(C)CCCCCCCCCCCCCCCCCCCCC(=O)O[C@H](COC(=O)CCCCCCCCC(C)C)COP(=O)(O)OC[C@@H](O)COP(=O)(O)OC[C@@H](COC(=O)CCCCCCCCC(C)CC)OC(=O)CCCCCCCCCCCCCCCCC(C)C. The van der Waals surface area contributed by atoms with Crippen LogP contribution >= 0.6 is 15.6 Å². The van der Waals surface area contributed by atoms with Gasteiger partial charge in [-0.05, 0) is 49.4 Å². The fraction of sp³-hybridized carbons (Fsp3) is 0.949. The van der Waals surface area contributed by atoms with Gasteiger partial charge in [-0.3, -0.25) is 37.3 Å². The van der Waals surface area contributed by atoms with Gasteiger partial charge in [0.1, 0.15) is 19.3 Å².